The number of nitrogens with one attached hydrogen (secondary N) is 2. The molecule has 172 valence electrons. The number of fused-ring (bicyclic) bond motifs is 1. The van der Waals surface area contributed by atoms with Gasteiger partial charge in [-0.3, -0.25) is 4.79 Å². The summed E-state index contributed by atoms with van der Waals surface area (Å²) in [6.45, 7) is 11.6. The summed E-state index contributed by atoms with van der Waals surface area (Å²) in [5.74, 6) is -0.439. The van der Waals surface area contributed by atoms with Crippen LogP contribution in [0.15, 0.2) is 6.58 Å². The summed E-state index contributed by atoms with van der Waals surface area (Å²) in [6.07, 6.45) is 2.31. The Bertz CT molecular complexity index is 832. The molecule has 8 nitrogen and oxygen atoms in total. The van der Waals surface area contributed by atoms with E-state index in [9.17, 15) is 9.59 Å². The van der Waals surface area contributed by atoms with Gasteiger partial charge in [-0.1, -0.05) is 6.58 Å². The molecule has 1 aromatic rings. The highest BCUT2D eigenvalue weighted by molar-refractivity contribution is 7.12. The maximum absolute atomic E-state index is 12.4. The summed E-state index contributed by atoms with van der Waals surface area (Å²) >= 11 is 1.65. The summed E-state index contributed by atoms with van der Waals surface area (Å²) in [5, 5.41) is 7.28. The predicted molar refractivity (Wildman–Crippen MR) is 121 cm³/mol. The molecule has 3 atom stereocenters. The Morgan fingerprint density at radius 1 is 1.23 bits per heavy atom. The Balaban J connectivity index is 1.71. The lowest BCUT2D eigenvalue weighted by Gasteiger charge is -2.37. The molecule has 1 aromatic heterocycles. The van der Waals surface area contributed by atoms with Crippen LogP contribution < -0.4 is 10.6 Å². The van der Waals surface area contributed by atoms with Gasteiger partial charge in [0.25, 0.3) is 0 Å². The van der Waals surface area contributed by atoms with Crippen LogP contribution in [0.2, 0.25) is 0 Å². The number of thiazole rings is 1. The average molecular weight is 451 g/mol. The molecule has 1 aliphatic carbocycles. The number of nitrogens with zero attached hydrogens (tertiary/aromatic N) is 2. The third kappa shape index (κ3) is 6.20. The van der Waals surface area contributed by atoms with E-state index in [4.69, 9.17) is 14.5 Å². The van der Waals surface area contributed by atoms with E-state index in [2.05, 4.69) is 29.2 Å². The number of hydrogen-bond acceptors (Lipinski definition) is 8. The Labute approximate surface area is 188 Å². The first-order valence-electron chi connectivity index (χ1n) is 10.8. The zero-order valence-electron chi connectivity index (χ0n) is 19.1. The minimum atomic E-state index is -0.576. The number of methoxy groups -OCH3 is 1. The van der Waals surface area contributed by atoms with E-state index in [0.29, 0.717) is 25.0 Å². The predicted octanol–water partition coefficient (Wildman–Crippen LogP) is 2.93. The molecule has 1 amide bonds. The third-order valence-corrected chi connectivity index (χ3v) is 6.77. The molecule has 31 heavy (non-hydrogen) atoms. The van der Waals surface area contributed by atoms with Crippen LogP contribution in [0.25, 0.3) is 5.70 Å². The maximum Gasteiger partial charge on any atom is 0.407 e. The lowest BCUT2D eigenvalue weighted by Crippen LogP contribution is -2.54. The molecule has 2 aliphatic rings. The van der Waals surface area contributed by atoms with Gasteiger partial charge in [0, 0.05) is 30.4 Å². The van der Waals surface area contributed by atoms with Crippen LogP contribution in [-0.4, -0.2) is 60.3 Å². The summed E-state index contributed by atoms with van der Waals surface area (Å²) in [4.78, 5) is 32.9. The maximum atomic E-state index is 12.4. The molecule has 1 fully saturated rings. The third-order valence-electron chi connectivity index (χ3n) is 5.63. The molecule has 3 rings (SSSR count). The zero-order valence-corrected chi connectivity index (χ0v) is 19.9. The van der Waals surface area contributed by atoms with Crippen LogP contribution in [0.1, 0.15) is 55.6 Å². The van der Waals surface area contributed by atoms with Crippen LogP contribution in [0, 0.1) is 5.92 Å². The Morgan fingerprint density at radius 3 is 2.65 bits per heavy atom. The van der Waals surface area contributed by atoms with Crippen molar-refractivity contribution in [2.24, 2.45) is 5.92 Å². The largest absolute Gasteiger partial charge is 0.469 e. The van der Waals surface area contributed by atoms with Crippen molar-refractivity contribution in [2.75, 3.05) is 20.7 Å². The number of hydrogen-bond donors (Lipinski definition) is 2. The van der Waals surface area contributed by atoms with Crippen LogP contribution in [0.3, 0.4) is 0 Å². The average Bonchev–Trinajstić information content (AvgIpc) is 3.10. The van der Waals surface area contributed by atoms with Crippen molar-refractivity contribution in [3.63, 3.8) is 0 Å². The second-order valence-corrected chi connectivity index (χ2v) is 10.5. The van der Waals surface area contributed by atoms with Crippen molar-refractivity contribution in [1.82, 2.24) is 20.5 Å². The Kier molecular flexibility index (Phi) is 7.26. The van der Waals surface area contributed by atoms with Gasteiger partial charge in [-0.25, -0.2) is 9.78 Å². The normalized spacial score (nSPS) is 24.1. The highest BCUT2D eigenvalue weighted by Gasteiger charge is 2.36. The van der Waals surface area contributed by atoms with E-state index < -0.39 is 11.7 Å². The van der Waals surface area contributed by atoms with E-state index >= 15 is 0 Å². The summed E-state index contributed by atoms with van der Waals surface area (Å²) < 4.78 is 10.4. The fraction of sp³-hybridized carbons (Fsp3) is 0.682. The standard InChI is InChI=1S/C22H34N4O4S/c1-13(19-24-16-9-10-26(5)12-18(16)31-19)23-17-11-14(20(27)29-6)7-8-15(17)25-21(28)30-22(2,3)4/h14-15,17,23H,1,7-12H2,2-6H3,(H,25,28)/t14-,15+,17-/m1/s1. The first-order chi connectivity index (χ1) is 14.6. The molecular formula is C22H34N4O4S. The van der Waals surface area contributed by atoms with Gasteiger partial charge in [-0.2, -0.15) is 0 Å². The molecule has 0 unspecified atom stereocenters. The molecular weight excluding hydrogens is 416 g/mol. The van der Waals surface area contributed by atoms with Gasteiger partial charge in [0.2, 0.25) is 0 Å². The van der Waals surface area contributed by atoms with Crippen molar-refractivity contribution in [3.8, 4) is 0 Å². The fourth-order valence-corrected chi connectivity index (χ4v) is 5.20. The van der Waals surface area contributed by atoms with Gasteiger partial charge in [-0.15, -0.1) is 11.3 Å². The highest BCUT2D eigenvalue weighted by Crippen LogP contribution is 2.30. The second-order valence-electron chi connectivity index (χ2n) is 9.39. The number of esters is 1. The Hall–Kier alpha value is -2.13. The van der Waals surface area contributed by atoms with Crippen molar-refractivity contribution < 1.29 is 19.1 Å². The second kappa shape index (κ2) is 9.56. The van der Waals surface area contributed by atoms with Crippen LogP contribution >= 0.6 is 11.3 Å². The number of alkyl carbamates (subject to hydrolysis) is 1. The van der Waals surface area contributed by atoms with Crippen molar-refractivity contribution >= 4 is 29.1 Å². The molecule has 0 bridgehead atoms. The van der Waals surface area contributed by atoms with Gasteiger partial charge in [0.05, 0.1) is 30.5 Å². The van der Waals surface area contributed by atoms with Crippen molar-refractivity contribution in [2.45, 2.75) is 70.7 Å². The number of carbonyl (C=O) groups is 2. The van der Waals surface area contributed by atoms with Crippen LogP contribution in [-0.2, 0) is 27.2 Å². The van der Waals surface area contributed by atoms with Gasteiger partial charge in [-0.05, 0) is 47.1 Å². The monoisotopic (exact) mass is 450 g/mol. The fourth-order valence-electron chi connectivity index (χ4n) is 4.08. The first kappa shape index (κ1) is 23.5. The van der Waals surface area contributed by atoms with Gasteiger partial charge >= 0.3 is 12.1 Å². The van der Waals surface area contributed by atoms with Gasteiger partial charge in [0.15, 0.2) is 0 Å². The first-order valence-corrected chi connectivity index (χ1v) is 11.6. The van der Waals surface area contributed by atoms with E-state index in [-0.39, 0.29) is 24.0 Å². The molecule has 1 aliphatic heterocycles. The summed E-state index contributed by atoms with van der Waals surface area (Å²) in [5.41, 5.74) is 1.28. The van der Waals surface area contributed by atoms with E-state index in [0.717, 1.165) is 30.2 Å². The lowest BCUT2D eigenvalue weighted by atomic mass is 9.82. The molecule has 0 spiro atoms. The quantitative estimate of drug-likeness (QED) is 0.666. The zero-order chi connectivity index (χ0) is 22.8. The topological polar surface area (TPSA) is 92.8 Å². The van der Waals surface area contributed by atoms with E-state index in [1.54, 1.807) is 11.3 Å². The van der Waals surface area contributed by atoms with Gasteiger partial charge < -0.3 is 25.0 Å². The van der Waals surface area contributed by atoms with Gasteiger partial charge in [0.1, 0.15) is 10.6 Å². The molecule has 1 saturated carbocycles. The molecule has 2 N–H and O–H groups in total. The van der Waals surface area contributed by atoms with Crippen LogP contribution in [0.5, 0.6) is 0 Å². The number of amides is 1. The van der Waals surface area contributed by atoms with Crippen molar-refractivity contribution in [3.05, 3.63) is 22.2 Å². The Morgan fingerprint density at radius 2 is 1.97 bits per heavy atom. The van der Waals surface area contributed by atoms with Crippen molar-refractivity contribution in [1.29, 1.82) is 0 Å². The molecule has 0 aromatic carbocycles. The van der Waals surface area contributed by atoms with Crippen LogP contribution in [0.4, 0.5) is 4.79 Å². The number of rotatable bonds is 5. The molecule has 9 heteroatoms. The SMILES string of the molecule is C=C(N[C@@H]1C[C@H](C(=O)OC)CC[C@@H]1NC(=O)OC(C)(C)C)c1nc2c(s1)CN(C)CC2. The minimum Gasteiger partial charge on any atom is -0.469 e. The minimum absolute atomic E-state index is 0.179. The number of likely N-dealkylation sites (N-methyl/N-ethyl adjacent to an activating group) is 1. The lowest BCUT2D eigenvalue weighted by molar-refractivity contribution is -0.146. The van der Waals surface area contributed by atoms with E-state index in [1.807, 2.05) is 20.8 Å². The summed E-state index contributed by atoms with van der Waals surface area (Å²) in [6, 6.07) is -0.366. The summed E-state index contributed by atoms with van der Waals surface area (Å²) in [7, 11) is 3.52. The number of aromatic nitrogens is 1. The number of carbonyl (C=O) groups excluding carboxylic acids is 2. The molecule has 2 heterocycles. The smallest absolute Gasteiger partial charge is 0.407 e. The molecule has 0 radical (unpaired) electrons. The van der Waals surface area contributed by atoms with E-state index in [1.165, 1.54) is 12.0 Å². The molecule has 0 saturated heterocycles. The highest BCUT2D eigenvalue weighted by atomic mass is 32.1. The number of ether oxygens (including phenoxy) is 2.